The molecule has 0 amide bonds. The molecular weight excluding hydrogens is 520 g/mol. The molecule has 0 aliphatic rings. The quantitative estimate of drug-likeness (QED) is 0.195. The Hall–Kier alpha value is -5.66. The summed E-state index contributed by atoms with van der Waals surface area (Å²) in [5, 5.41) is 0.621. The lowest BCUT2D eigenvalue weighted by Crippen LogP contribution is -1.91. The lowest BCUT2D eigenvalue weighted by Gasteiger charge is -2.18. The molecule has 0 N–H and O–H groups in total. The van der Waals surface area contributed by atoms with E-state index in [1.54, 1.807) is 48.5 Å². The van der Waals surface area contributed by atoms with Crippen molar-refractivity contribution in [3.05, 3.63) is 157 Å². The topological polar surface area (TPSA) is 13.1 Å². The van der Waals surface area contributed by atoms with Crippen molar-refractivity contribution in [2.24, 2.45) is 0 Å². The van der Waals surface area contributed by atoms with Crippen LogP contribution >= 0.6 is 0 Å². The van der Waals surface area contributed by atoms with E-state index in [2.05, 4.69) is 0 Å². The van der Waals surface area contributed by atoms with Gasteiger partial charge in [0.05, 0.1) is 24.7 Å². The van der Waals surface area contributed by atoms with Crippen molar-refractivity contribution in [3.63, 3.8) is 0 Å². The molecule has 200 valence electrons. The lowest BCUT2D eigenvalue weighted by molar-refractivity contribution is 0.669. The van der Waals surface area contributed by atoms with Crippen molar-refractivity contribution in [1.82, 2.24) is 0 Å². The van der Waals surface area contributed by atoms with Crippen molar-refractivity contribution < 1.29 is 29.1 Å². The predicted molar refractivity (Wildman–Crippen MR) is 183 cm³/mol. The monoisotopic (exact) mass is 564 g/mol. The van der Waals surface area contributed by atoms with E-state index in [1.165, 1.54) is 0 Å². The van der Waals surface area contributed by atoms with Crippen LogP contribution in [0.15, 0.2) is 162 Å². The molecular formula is C42H26O. The fourth-order valence-electron chi connectivity index (χ4n) is 5.59. The fourth-order valence-corrected chi connectivity index (χ4v) is 5.59. The van der Waals surface area contributed by atoms with Crippen molar-refractivity contribution in [2.45, 2.75) is 0 Å². The van der Waals surface area contributed by atoms with Gasteiger partial charge in [-0.15, -0.1) is 0 Å². The summed E-state index contributed by atoms with van der Waals surface area (Å²) in [6, 6.07) is 2.81. The third-order valence-electron chi connectivity index (χ3n) is 7.44. The summed E-state index contributed by atoms with van der Waals surface area (Å²) in [7, 11) is 0. The van der Waals surface area contributed by atoms with Crippen molar-refractivity contribution in [1.29, 1.82) is 0 Å². The maximum absolute atomic E-state index is 9.70. The van der Waals surface area contributed by atoms with Crippen LogP contribution in [0.2, 0.25) is 0 Å². The van der Waals surface area contributed by atoms with E-state index in [0.29, 0.717) is 21.5 Å². The molecule has 0 saturated carbocycles. The first-order chi connectivity index (χ1) is 28.8. The first-order valence-corrected chi connectivity index (χ1v) is 13.3. The highest BCUT2D eigenvalue weighted by atomic mass is 16.3. The maximum atomic E-state index is 9.70. The molecule has 0 aliphatic carbocycles. The molecule has 0 atom stereocenters. The van der Waals surface area contributed by atoms with E-state index in [4.69, 9.17) is 22.2 Å². The van der Waals surface area contributed by atoms with Gasteiger partial charge in [0.1, 0.15) is 11.2 Å². The van der Waals surface area contributed by atoms with Gasteiger partial charge < -0.3 is 4.42 Å². The molecule has 0 bridgehead atoms. The third-order valence-corrected chi connectivity index (χ3v) is 7.44. The number of rotatable bonds is 3. The second-order valence-corrected chi connectivity index (χ2v) is 9.85. The van der Waals surface area contributed by atoms with Gasteiger partial charge in [0.15, 0.2) is 0 Å². The molecule has 9 aromatic rings. The van der Waals surface area contributed by atoms with Crippen molar-refractivity contribution in [2.75, 3.05) is 0 Å². The second kappa shape index (κ2) is 9.44. The number of benzene rings is 8. The van der Waals surface area contributed by atoms with Gasteiger partial charge in [-0.1, -0.05) is 133 Å². The molecule has 1 heteroatoms. The first kappa shape index (κ1) is 12.3. The highest BCUT2D eigenvalue weighted by molar-refractivity contribution is 6.22. The molecule has 0 aliphatic heterocycles. The maximum Gasteiger partial charge on any atom is 0.136 e. The van der Waals surface area contributed by atoms with Crippen LogP contribution in [0, 0.1) is 0 Å². The van der Waals surface area contributed by atoms with E-state index in [-0.39, 0.29) is 61.0 Å². The molecule has 9 rings (SSSR count). The van der Waals surface area contributed by atoms with Gasteiger partial charge in [0.25, 0.3) is 0 Å². The first-order valence-electron chi connectivity index (χ1n) is 22.3. The summed E-state index contributed by atoms with van der Waals surface area (Å²) in [5.41, 5.74) is -1.32. The van der Waals surface area contributed by atoms with Gasteiger partial charge in [-0.25, -0.2) is 0 Å². The van der Waals surface area contributed by atoms with Crippen LogP contribution in [0.25, 0.3) is 87.6 Å². The van der Waals surface area contributed by atoms with E-state index in [9.17, 15) is 6.85 Å². The Morgan fingerprint density at radius 3 is 1.51 bits per heavy atom. The summed E-state index contributed by atoms with van der Waals surface area (Å²) in [4.78, 5) is 0. The molecule has 1 heterocycles. The van der Waals surface area contributed by atoms with E-state index < -0.39 is 114 Å². The van der Waals surface area contributed by atoms with Crippen LogP contribution < -0.4 is 0 Å². The van der Waals surface area contributed by atoms with E-state index in [0.717, 1.165) is 0 Å². The summed E-state index contributed by atoms with van der Waals surface area (Å²) < 4.78 is 164. The van der Waals surface area contributed by atoms with Crippen LogP contribution in [0.4, 0.5) is 0 Å². The molecule has 0 saturated heterocycles. The third kappa shape index (κ3) is 3.79. The van der Waals surface area contributed by atoms with Crippen LogP contribution in [0.1, 0.15) is 24.7 Å². The number of hydrogen-bond donors (Lipinski definition) is 0. The average Bonchev–Trinajstić information content (AvgIpc) is 3.67. The van der Waals surface area contributed by atoms with Crippen LogP contribution in [-0.4, -0.2) is 0 Å². The Morgan fingerprint density at radius 2 is 0.860 bits per heavy atom. The molecule has 0 spiro atoms. The Labute approximate surface area is 274 Å². The lowest BCUT2D eigenvalue weighted by atomic mass is 9.85. The van der Waals surface area contributed by atoms with E-state index in [1.807, 2.05) is 0 Å². The second-order valence-electron chi connectivity index (χ2n) is 9.85. The predicted octanol–water partition coefficient (Wildman–Crippen LogP) is 12.0. The summed E-state index contributed by atoms with van der Waals surface area (Å²) in [6.45, 7) is 0. The van der Waals surface area contributed by atoms with Crippen LogP contribution in [0.5, 0.6) is 0 Å². The normalized spacial score (nSPS) is 17.6. The Kier molecular flexibility index (Phi) is 2.70. The highest BCUT2D eigenvalue weighted by Gasteiger charge is 2.18. The molecule has 0 radical (unpaired) electrons. The average molecular weight is 565 g/mol. The van der Waals surface area contributed by atoms with Gasteiger partial charge in [-0.2, -0.15) is 0 Å². The zero-order valence-electron chi connectivity index (χ0n) is 40.0. The largest absolute Gasteiger partial charge is 0.456 e. The standard InChI is InChI=1S/C42H26O/c1-2-10-27(11-3-1)28-18-20-29(21-19-28)41-33-14-6-8-16-35(33)42(36-17-9-7-15-34(36)41)32-22-23-39-37(25-32)38-24-30-12-4-5-13-31(30)26-40(38)43-39/h1-26H/i1D,2D,3D,4D,5D,10D,11D,12D,13D,18D,19D,20D,21D,22D,23D,24D,25D,26D. The van der Waals surface area contributed by atoms with Gasteiger partial charge in [-0.3, -0.25) is 0 Å². The van der Waals surface area contributed by atoms with E-state index >= 15 is 0 Å². The SMILES string of the molecule is [2H]c1c([2H])c([2H])c(-c2c([2H])c([2H])c(-c3c4ccccc4c(-c4c([2H])c([2H])c5oc6c([2H])c7c([2H])c([2H])c([2H])c([2H])c7c([2H])c6c5c4[2H])c4ccccc34)c([2H])c2[2H])c([2H])c1[2H]. The summed E-state index contributed by atoms with van der Waals surface area (Å²) >= 11 is 0. The Bertz CT molecular complexity index is 3400. The minimum Gasteiger partial charge on any atom is -0.456 e. The zero-order chi connectivity index (χ0) is 44.0. The summed E-state index contributed by atoms with van der Waals surface area (Å²) in [5.74, 6) is 0. The Balaban J connectivity index is 1.41. The van der Waals surface area contributed by atoms with Gasteiger partial charge in [0, 0.05) is 10.8 Å². The molecule has 0 fully saturated rings. The number of hydrogen-bond acceptors (Lipinski definition) is 1. The molecule has 0 unspecified atom stereocenters. The molecule has 43 heavy (non-hydrogen) atoms. The van der Waals surface area contributed by atoms with Crippen molar-refractivity contribution >= 4 is 54.3 Å². The smallest absolute Gasteiger partial charge is 0.136 e. The zero-order valence-corrected chi connectivity index (χ0v) is 22.0. The molecule has 8 aromatic carbocycles. The number of fused-ring (bicyclic) bond motifs is 6. The molecule has 1 aromatic heterocycles. The minimum atomic E-state index is -0.704. The van der Waals surface area contributed by atoms with Gasteiger partial charge >= 0.3 is 0 Å². The van der Waals surface area contributed by atoms with Crippen LogP contribution in [-0.2, 0) is 0 Å². The van der Waals surface area contributed by atoms with Gasteiger partial charge in [0.2, 0.25) is 0 Å². The van der Waals surface area contributed by atoms with Gasteiger partial charge in [-0.05, 0) is 89.9 Å². The van der Waals surface area contributed by atoms with Crippen molar-refractivity contribution in [3.8, 4) is 33.4 Å². The Morgan fingerprint density at radius 1 is 0.372 bits per heavy atom. The number of furan rings is 1. The molecule has 1 nitrogen and oxygen atoms in total. The summed E-state index contributed by atoms with van der Waals surface area (Å²) in [6.07, 6.45) is 0. The highest BCUT2D eigenvalue weighted by Crippen LogP contribution is 2.45. The minimum absolute atomic E-state index is 0.0868. The fraction of sp³-hybridized carbons (Fsp3) is 0. The van der Waals surface area contributed by atoms with Crippen LogP contribution in [0.3, 0.4) is 0 Å².